The van der Waals surface area contributed by atoms with Crippen LogP contribution in [0.2, 0.25) is 0 Å². The van der Waals surface area contributed by atoms with E-state index >= 15 is 0 Å². The van der Waals surface area contributed by atoms with Gasteiger partial charge in [-0.3, -0.25) is 4.90 Å². The predicted molar refractivity (Wildman–Crippen MR) is 104 cm³/mol. The highest BCUT2D eigenvalue weighted by Gasteiger charge is 2.12. The van der Waals surface area contributed by atoms with Crippen molar-refractivity contribution >= 4 is 5.69 Å². The van der Waals surface area contributed by atoms with Crippen molar-refractivity contribution in [3.63, 3.8) is 0 Å². The lowest BCUT2D eigenvalue weighted by molar-refractivity contribution is 0.269. The Hall–Kier alpha value is -2.04. The Kier molecular flexibility index (Phi) is 6.31. The first-order valence-corrected chi connectivity index (χ1v) is 9.09. The molecule has 1 N–H and O–H groups in total. The van der Waals surface area contributed by atoms with Crippen molar-refractivity contribution in [1.29, 1.82) is 0 Å². The molecule has 134 valence electrons. The molecule has 0 bridgehead atoms. The second kappa shape index (κ2) is 8.88. The molecule has 0 radical (unpaired) electrons. The van der Waals surface area contributed by atoms with Gasteiger partial charge >= 0.3 is 0 Å². The van der Waals surface area contributed by atoms with Crippen molar-refractivity contribution < 1.29 is 4.74 Å². The molecule has 0 amide bonds. The highest BCUT2D eigenvalue weighted by atomic mass is 16.5. The van der Waals surface area contributed by atoms with Gasteiger partial charge in [0.15, 0.2) is 0 Å². The molecule has 2 aromatic carbocycles. The summed E-state index contributed by atoms with van der Waals surface area (Å²) in [4.78, 5) is 4.99. The number of anilines is 1. The molecule has 4 nitrogen and oxygen atoms in total. The van der Waals surface area contributed by atoms with Gasteiger partial charge in [-0.2, -0.15) is 0 Å². The minimum atomic E-state index is 0.834. The van der Waals surface area contributed by atoms with Gasteiger partial charge in [-0.15, -0.1) is 0 Å². The fourth-order valence-corrected chi connectivity index (χ4v) is 3.19. The van der Waals surface area contributed by atoms with Gasteiger partial charge in [0.25, 0.3) is 0 Å². The molecule has 1 fully saturated rings. The number of nitrogens with one attached hydrogen (secondary N) is 1. The molecule has 0 saturated carbocycles. The smallest absolute Gasteiger partial charge is 0.119 e. The summed E-state index contributed by atoms with van der Waals surface area (Å²) in [7, 11) is 3.90. The number of rotatable bonds is 6. The van der Waals surface area contributed by atoms with Gasteiger partial charge in [-0.1, -0.05) is 24.3 Å². The Morgan fingerprint density at radius 1 is 0.880 bits per heavy atom. The molecule has 25 heavy (non-hydrogen) atoms. The Bertz CT molecular complexity index is 639. The number of hydrogen-bond acceptors (Lipinski definition) is 4. The molecule has 0 spiro atoms. The largest absolute Gasteiger partial charge is 0.497 e. The van der Waals surface area contributed by atoms with E-state index in [1.54, 1.807) is 7.11 Å². The zero-order valence-electron chi connectivity index (χ0n) is 15.4. The second-order valence-electron chi connectivity index (χ2n) is 6.83. The maximum absolute atomic E-state index is 5.19. The number of likely N-dealkylation sites (N-methyl/N-ethyl adjacent to an activating group) is 1. The van der Waals surface area contributed by atoms with Crippen LogP contribution in [0.4, 0.5) is 5.69 Å². The van der Waals surface area contributed by atoms with E-state index in [0.717, 1.165) is 31.1 Å². The molecule has 0 aromatic heterocycles. The third-order valence-electron chi connectivity index (χ3n) is 4.83. The summed E-state index contributed by atoms with van der Waals surface area (Å²) in [6, 6.07) is 17.0. The minimum absolute atomic E-state index is 0.834. The Labute approximate surface area is 151 Å². The van der Waals surface area contributed by atoms with Crippen molar-refractivity contribution in [2.45, 2.75) is 19.5 Å². The summed E-state index contributed by atoms with van der Waals surface area (Å²) < 4.78 is 5.19. The number of benzene rings is 2. The molecule has 1 saturated heterocycles. The monoisotopic (exact) mass is 339 g/mol. The molecule has 0 atom stereocenters. The number of hydrogen-bond donors (Lipinski definition) is 1. The average Bonchev–Trinajstić information content (AvgIpc) is 2.86. The number of methoxy groups -OCH3 is 1. The lowest BCUT2D eigenvalue weighted by Crippen LogP contribution is -2.28. The maximum Gasteiger partial charge on any atom is 0.119 e. The molecule has 1 aliphatic rings. The van der Waals surface area contributed by atoms with Crippen LogP contribution in [-0.4, -0.2) is 50.1 Å². The summed E-state index contributed by atoms with van der Waals surface area (Å²) in [5.74, 6) is 0.884. The van der Waals surface area contributed by atoms with Gasteiger partial charge in [0.05, 0.1) is 7.11 Å². The lowest BCUT2D eigenvalue weighted by atomic mass is 10.1. The highest BCUT2D eigenvalue weighted by Crippen LogP contribution is 2.16. The van der Waals surface area contributed by atoms with E-state index in [4.69, 9.17) is 4.74 Å². The van der Waals surface area contributed by atoms with Gasteiger partial charge in [-0.25, -0.2) is 0 Å². The maximum atomic E-state index is 5.19. The van der Waals surface area contributed by atoms with Crippen LogP contribution in [0.3, 0.4) is 0 Å². The summed E-state index contributed by atoms with van der Waals surface area (Å²) in [5, 5.41) is 3.45. The zero-order valence-corrected chi connectivity index (χ0v) is 15.4. The summed E-state index contributed by atoms with van der Waals surface area (Å²) >= 11 is 0. The Morgan fingerprint density at radius 2 is 1.60 bits per heavy atom. The van der Waals surface area contributed by atoms with Gasteiger partial charge in [0, 0.05) is 31.9 Å². The summed E-state index contributed by atoms with van der Waals surface area (Å²) in [6.07, 6.45) is 1.26. The Morgan fingerprint density at radius 3 is 2.32 bits per heavy atom. The van der Waals surface area contributed by atoms with Crippen LogP contribution < -0.4 is 10.1 Å². The minimum Gasteiger partial charge on any atom is -0.497 e. The number of nitrogens with zero attached hydrogens (tertiary/aromatic N) is 2. The van der Waals surface area contributed by atoms with E-state index in [0.29, 0.717) is 0 Å². The Balaban J connectivity index is 1.49. The van der Waals surface area contributed by atoms with Gasteiger partial charge < -0.3 is 15.0 Å². The second-order valence-corrected chi connectivity index (χ2v) is 6.83. The van der Waals surface area contributed by atoms with Crippen molar-refractivity contribution in [2.75, 3.05) is 45.7 Å². The molecule has 2 aromatic rings. The summed E-state index contributed by atoms with van der Waals surface area (Å²) in [6.45, 7) is 6.64. The molecule has 0 unspecified atom stereocenters. The molecular weight excluding hydrogens is 310 g/mol. The highest BCUT2D eigenvalue weighted by molar-refractivity contribution is 5.46. The molecule has 1 heterocycles. The first-order valence-electron chi connectivity index (χ1n) is 9.09. The van der Waals surface area contributed by atoms with Crippen LogP contribution in [0.5, 0.6) is 5.75 Å². The van der Waals surface area contributed by atoms with Crippen LogP contribution in [0.25, 0.3) is 0 Å². The predicted octanol–water partition coefficient (Wildman–Crippen LogP) is 3.44. The van der Waals surface area contributed by atoms with Gasteiger partial charge in [-0.05, 0) is 62.0 Å². The average molecular weight is 339 g/mol. The van der Waals surface area contributed by atoms with E-state index in [-0.39, 0.29) is 0 Å². The van der Waals surface area contributed by atoms with Crippen LogP contribution in [0.1, 0.15) is 17.5 Å². The van der Waals surface area contributed by atoms with Crippen molar-refractivity contribution in [2.24, 2.45) is 0 Å². The SMILES string of the molecule is COc1ccc(NCc2ccc(CN3CCCN(C)CC3)cc2)cc1. The van der Waals surface area contributed by atoms with Crippen LogP contribution in [-0.2, 0) is 13.1 Å². The first kappa shape index (κ1) is 17.8. The first-order chi connectivity index (χ1) is 12.2. The van der Waals surface area contributed by atoms with E-state index in [1.165, 1.54) is 37.2 Å². The van der Waals surface area contributed by atoms with Crippen LogP contribution in [0.15, 0.2) is 48.5 Å². The van der Waals surface area contributed by atoms with Crippen molar-refractivity contribution in [3.05, 3.63) is 59.7 Å². The van der Waals surface area contributed by atoms with E-state index in [2.05, 4.69) is 46.4 Å². The molecule has 1 aliphatic heterocycles. The van der Waals surface area contributed by atoms with Gasteiger partial charge in [0.2, 0.25) is 0 Å². The summed E-state index contributed by atoms with van der Waals surface area (Å²) in [5.41, 5.74) is 3.81. The molecular formula is C21H29N3O. The topological polar surface area (TPSA) is 27.7 Å². The molecule has 4 heteroatoms. The van der Waals surface area contributed by atoms with E-state index < -0.39 is 0 Å². The van der Waals surface area contributed by atoms with E-state index in [9.17, 15) is 0 Å². The third-order valence-corrected chi connectivity index (χ3v) is 4.83. The number of ether oxygens (including phenoxy) is 1. The van der Waals surface area contributed by atoms with Crippen LogP contribution in [0, 0.1) is 0 Å². The van der Waals surface area contributed by atoms with Crippen molar-refractivity contribution in [1.82, 2.24) is 9.80 Å². The zero-order chi connectivity index (χ0) is 17.5. The quantitative estimate of drug-likeness (QED) is 0.872. The fraction of sp³-hybridized carbons (Fsp3) is 0.429. The van der Waals surface area contributed by atoms with E-state index in [1.807, 2.05) is 24.3 Å². The van der Waals surface area contributed by atoms with Gasteiger partial charge in [0.1, 0.15) is 5.75 Å². The standard InChI is InChI=1S/C21H29N3O/c1-23-12-3-13-24(15-14-23)17-19-6-4-18(5-7-19)16-22-20-8-10-21(25-2)11-9-20/h4-11,22H,3,12-17H2,1-2H3. The third kappa shape index (κ3) is 5.48. The fourth-order valence-electron chi connectivity index (χ4n) is 3.19. The molecule has 3 rings (SSSR count). The van der Waals surface area contributed by atoms with Crippen molar-refractivity contribution in [3.8, 4) is 5.75 Å². The normalized spacial score (nSPS) is 16.4. The molecule has 0 aliphatic carbocycles. The lowest BCUT2D eigenvalue weighted by Gasteiger charge is -2.20. The van der Waals surface area contributed by atoms with Crippen LogP contribution >= 0.6 is 0 Å².